The lowest BCUT2D eigenvalue weighted by Gasteiger charge is -2.11. The summed E-state index contributed by atoms with van der Waals surface area (Å²) < 4.78 is 41.9. The first-order valence-corrected chi connectivity index (χ1v) is 4.77. The molecule has 0 bridgehead atoms. The number of ether oxygens (including phenoxy) is 1. The number of benzene rings is 1. The summed E-state index contributed by atoms with van der Waals surface area (Å²) in [5.41, 5.74) is 0.292. The summed E-state index contributed by atoms with van der Waals surface area (Å²) in [5, 5.41) is 0. The molecule has 1 aliphatic heterocycles. The Kier molecular flexibility index (Phi) is 2.46. The summed E-state index contributed by atoms with van der Waals surface area (Å²) >= 11 is 0. The van der Waals surface area contributed by atoms with Crippen molar-refractivity contribution in [2.45, 2.75) is 25.1 Å². The van der Waals surface area contributed by atoms with E-state index in [1.54, 1.807) is 0 Å². The van der Waals surface area contributed by atoms with Crippen LogP contribution in [0.15, 0.2) is 24.3 Å². The Balaban J connectivity index is 2.16. The first-order valence-electron chi connectivity index (χ1n) is 4.77. The molecule has 1 fully saturated rings. The van der Waals surface area contributed by atoms with Crippen LogP contribution in [0.5, 0.6) is 0 Å². The van der Waals surface area contributed by atoms with Gasteiger partial charge in [0.1, 0.15) is 0 Å². The standard InChI is InChI=1S/C11H11F3O/c1-7(10-6-15-10)8-2-4-9(5-3-8)11(12,13)14/h2-5,7,10H,6H2,1H3/t7?,10-/m0/s1. The van der Waals surface area contributed by atoms with Gasteiger partial charge in [-0.15, -0.1) is 0 Å². The van der Waals surface area contributed by atoms with Crippen LogP contribution in [-0.4, -0.2) is 12.7 Å². The van der Waals surface area contributed by atoms with Crippen molar-refractivity contribution < 1.29 is 17.9 Å². The van der Waals surface area contributed by atoms with E-state index in [0.29, 0.717) is 6.61 Å². The van der Waals surface area contributed by atoms with Crippen molar-refractivity contribution in [2.75, 3.05) is 6.61 Å². The molecule has 1 nitrogen and oxygen atoms in total. The van der Waals surface area contributed by atoms with E-state index in [-0.39, 0.29) is 12.0 Å². The molecule has 1 saturated heterocycles. The summed E-state index contributed by atoms with van der Waals surface area (Å²) in [6, 6.07) is 5.28. The Hall–Kier alpha value is -1.03. The lowest BCUT2D eigenvalue weighted by Crippen LogP contribution is -2.06. The average Bonchev–Trinajstić information content (AvgIpc) is 2.99. The summed E-state index contributed by atoms with van der Waals surface area (Å²) in [4.78, 5) is 0. The maximum Gasteiger partial charge on any atom is 0.416 e. The smallest absolute Gasteiger partial charge is 0.372 e. The van der Waals surface area contributed by atoms with E-state index in [1.165, 1.54) is 12.1 Å². The molecule has 0 saturated carbocycles. The van der Waals surface area contributed by atoms with Crippen LogP contribution in [0.3, 0.4) is 0 Å². The molecule has 15 heavy (non-hydrogen) atoms. The normalized spacial score (nSPS) is 22.5. The molecule has 1 aromatic rings. The van der Waals surface area contributed by atoms with Gasteiger partial charge in [-0.2, -0.15) is 13.2 Å². The molecule has 0 spiro atoms. The second kappa shape index (κ2) is 3.52. The molecule has 0 amide bonds. The lowest BCUT2D eigenvalue weighted by molar-refractivity contribution is -0.137. The quantitative estimate of drug-likeness (QED) is 0.691. The van der Waals surface area contributed by atoms with Crippen molar-refractivity contribution in [2.24, 2.45) is 0 Å². The van der Waals surface area contributed by atoms with Crippen molar-refractivity contribution in [3.63, 3.8) is 0 Å². The highest BCUT2D eigenvalue weighted by Gasteiger charge is 2.32. The highest BCUT2D eigenvalue weighted by molar-refractivity contribution is 5.28. The van der Waals surface area contributed by atoms with E-state index in [9.17, 15) is 13.2 Å². The Morgan fingerprint density at radius 3 is 2.20 bits per heavy atom. The second-order valence-corrected chi connectivity index (χ2v) is 3.78. The van der Waals surface area contributed by atoms with Crippen LogP contribution < -0.4 is 0 Å². The Bertz CT molecular complexity index is 338. The molecule has 0 radical (unpaired) electrons. The molecule has 4 heteroatoms. The largest absolute Gasteiger partial charge is 0.416 e. The number of halogens is 3. The molecule has 2 atom stereocenters. The predicted octanol–water partition coefficient (Wildman–Crippen LogP) is 3.21. The van der Waals surface area contributed by atoms with Crippen LogP contribution in [-0.2, 0) is 10.9 Å². The van der Waals surface area contributed by atoms with Crippen LogP contribution >= 0.6 is 0 Å². The fourth-order valence-corrected chi connectivity index (χ4v) is 1.53. The third kappa shape index (κ3) is 2.31. The van der Waals surface area contributed by atoms with Crippen molar-refractivity contribution in [1.82, 2.24) is 0 Å². The monoisotopic (exact) mass is 216 g/mol. The number of alkyl halides is 3. The molecular weight excluding hydrogens is 205 g/mol. The molecule has 0 N–H and O–H groups in total. The maximum atomic E-state index is 12.3. The van der Waals surface area contributed by atoms with E-state index in [1.807, 2.05) is 6.92 Å². The van der Waals surface area contributed by atoms with Gasteiger partial charge in [0.05, 0.1) is 18.3 Å². The van der Waals surface area contributed by atoms with Gasteiger partial charge in [0.25, 0.3) is 0 Å². The molecule has 82 valence electrons. The minimum atomic E-state index is -4.25. The molecular formula is C11H11F3O. The van der Waals surface area contributed by atoms with E-state index in [4.69, 9.17) is 4.74 Å². The minimum Gasteiger partial charge on any atom is -0.372 e. The molecule has 1 aliphatic rings. The van der Waals surface area contributed by atoms with E-state index >= 15 is 0 Å². The van der Waals surface area contributed by atoms with Crippen LogP contribution in [0.4, 0.5) is 13.2 Å². The molecule has 0 aliphatic carbocycles. The summed E-state index contributed by atoms with van der Waals surface area (Å²) in [6.45, 7) is 2.67. The minimum absolute atomic E-state index is 0.173. The van der Waals surface area contributed by atoms with Gasteiger partial charge in [-0.25, -0.2) is 0 Å². The highest BCUT2D eigenvalue weighted by atomic mass is 19.4. The van der Waals surface area contributed by atoms with Crippen LogP contribution in [0.25, 0.3) is 0 Å². The van der Waals surface area contributed by atoms with Crippen LogP contribution in [0, 0.1) is 0 Å². The number of epoxide rings is 1. The van der Waals surface area contributed by atoms with Crippen molar-refractivity contribution in [3.05, 3.63) is 35.4 Å². The topological polar surface area (TPSA) is 12.5 Å². The summed E-state index contributed by atoms with van der Waals surface area (Å²) in [7, 11) is 0. The van der Waals surface area contributed by atoms with Crippen molar-refractivity contribution in [3.8, 4) is 0 Å². The van der Waals surface area contributed by atoms with Gasteiger partial charge >= 0.3 is 6.18 Å². The Morgan fingerprint density at radius 1 is 1.27 bits per heavy atom. The van der Waals surface area contributed by atoms with Gasteiger partial charge in [0.2, 0.25) is 0 Å². The maximum absolute atomic E-state index is 12.3. The fourth-order valence-electron chi connectivity index (χ4n) is 1.53. The number of hydrogen-bond acceptors (Lipinski definition) is 1. The lowest BCUT2D eigenvalue weighted by atomic mass is 9.97. The number of hydrogen-bond donors (Lipinski definition) is 0. The second-order valence-electron chi connectivity index (χ2n) is 3.78. The molecule has 1 heterocycles. The first-order chi connectivity index (χ1) is 6.98. The summed E-state index contributed by atoms with van der Waals surface area (Å²) in [5.74, 6) is 0.173. The van der Waals surface area contributed by atoms with Crippen molar-refractivity contribution >= 4 is 0 Å². The molecule has 2 rings (SSSR count). The number of rotatable bonds is 2. The van der Waals surface area contributed by atoms with Gasteiger partial charge in [-0.05, 0) is 17.7 Å². The van der Waals surface area contributed by atoms with Gasteiger partial charge < -0.3 is 4.74 Å². The third-order valence-corrected chi connectivity index (χ3v) is 2.68. The molecule has 1 unspecified atom stereocenters. The Labute approximate surface area is 85.9 Å². The van der Waals surface area contributed by atoms with Crippen LogP contribution in [0.1, 0.15) is 24.0 Å². The Morgan fingerprint density at radius 2 is 1.80 bits per heavy atom. The first kappa shape index (κ1) is 10.5. The van der Waals surface area contributed by atoms with Crippen molar-refractivity contribution in [1.29, 1.82) is 0 Å². The van der Waals surface area contributed by atoms with E-state index < -0.39 is 11.7 Å². The average molecular weight is 216 g/mol. The van der Waals surface area contributed by atoms with Gasteiger partial charge in [-0.1, -0.05) is 19.1 Å². The van der Waals surface area contributed by atoms with E-state index in [0.717, 1.165) is 17.7 Å². The zero-order chi connectivity index (χ0) is 11.1. The predicted molar refractivity (Wildman–Crippen MR) is 49.6 cm³/mol. The third-order valence-electron chi connectivity index (χ3n) is 2.68. The highest BCUT2D eigenvalue weighted by Crippen LogP contribution is 2.33. The van der Waals surface area contributed by atoms with Gasteiger partial charge in [0.15, 0.2) is 0 Å². The van der Waals surface area contributed by atoms with Gasteiger partial charge in [-0.3, -0.25) is 0 Å². The van der Waals surface area contributed by atoms with E-state index in [2.05, 4.69) is 0 Å². The fraction of sp³-hybridized carbons (Fsp3) is 0.455. The zero-order valence-electron chi connectivity index (χ0n) is 8.21. The SMILES string of the molecule is CC(c1ccc(C(F)(F)F)cc1)[C@@H]1CO1. The van der Waals surface area contributed by atoms with Crippen LogP contribution in [0.2, 0.25) is 0 Å². The molecule has 0 aromatic heterocycles. The summed E-state index contributed by atoms with van der Waals surface area (Å²) in [6.07, 6.45) is -4.07. The zero-order valence-corrected chi connectivity index (χ0v) is 8.21. The molecule has 1 aromatic carbocycles. The van der Waals surface area contributed by atoms with Gasteiger partial charge in [0, 0.05) is 5.92 Å².